The van der Waals surface area contributed by atoms with Crippen molar-refractivity contribution >= 4 is 37.4 Å². The fourth-order valence-corrected chi connectivity index (χ4v) is 9.07. The van der Waals surface area contributed by atoms with Crippen molar-refractivity contribution in [2.24, 2.45) is 0 Å². The van der Waals surface area contributed by atoms with Crippen LogP contribution in [0.15, 0.2) is 97.1 Å². The van der Waals surface area contributed by atoms with Gasteiger partial charge in [0.1, 0.15) is 15.9 Å². The highest BCUT2D eigenvalue weighted by Crippen LogP contribution is 2.62. The third-order valence-electron chi connectivity index (χ3n) is 6.36. The Labute approximate surface area is 220 Å². The Morgan fingerprint density at radius 2 is 1.17 bits per heavy atom. The summed E-state index contributed by atoms with van der Waals surface area (Å²) in [6, 6.07) is 31.0. The molecule has 3 rings (SSSR count). The van der Waals surface area contributed by atoms with Gasteiger partial charge < -0.3 is 9.47 Å². The maximum atomic E-state index is 5.23. The Bertz CT molecular complexity index is 946. The first-order valence-electron chi connectivity index (χ1n) is 12.7. The molecule has 0 bridgehead atoms. The molecular weight excluding hydrogens is 515 g/mol. The molecule has 0 aliphatic carbocycles. The van der Waals surface area contributed by atoms with Gasteiger partial charge in [0.05, 0.1) is 0 Å². The summed E-state index contributed by atoms with van der Waals surface area (Å²) >= 11 is 4.24. The van der Waals surface area contributed by atoms with Crippen LogP contribution >= 0.6 is 21.5 Å². The largest absolute Gasteiger partial charge is 0.356 e. The molecule has 0 aromatic heterocycles. The molecule has 0 fully saturated rings. The normalized spacial score (nSPS) is 12.0. The third-order valence-corrected chi connectivity index (χ3v) is 13.1. The van der Waals surface area contributed by atoms with Gasteiger partial charge in [-0.3, -0.25) is 0 Å². The van der Waals surface area contributed by atoms with Gasteiger partial charge in [0.25, 0.3) is 0 Å². The lowest BCUT2D eigenvalue weighted by Crippen LogP contribution is -2.26. The number of halogens is 1. The maximum Gasteiger partial charge on any atom is 0.181 e. The molecule has 0 spiro atoms. The van der Waals surface area contributed by atoms with E-state index < -0.39 is 5.96 Å². The van der Waals surface area contributed by atoms with Gasteiger partial charge in [-0.05, 0) is 86.9 Å². The SMILES string of the molecule is COC(CCCCC/C=C\CCCc1ccc([P+](Br)(c2ccccc2)c2ccccc2)cc1)OC. The van der Waals surface area contributed by atoms with E-state index in [1.54, 1.807) is 14.2 Å². The molecule has 35 heavy (non-hydrogen) atoms. The second-order valence-corrected chi connectivity index (χ2v) is 14.7. The topological polar surface area (TPSA) is 18.5 Å². The van der Waals surface area contributed by atoms with Crippen LogP contribution in [0.25, 0.3) is 0 Å². The molecule has 2 nitrogen and oxygen atoms in total. The zero-order valence-corrected chi connectivity index (χ0v) is 23.6. The average Bonchev–Trinajstić information content (AvgIpc) is 2.92. The van der Waals surface area contributed by atoms with Crippen LogP contribution in [0.3, 0.4) is 0 Å². The molecule has 0 saturated heterocycles. The van der Waals surface area contributed by atoms with Crippen molar-refractivity contribution in [1.82, 2.24) is 0 Å². The van der Waals surface area contributed by atoms with E-state index in [4.69, 9.17) is 9.47 Å². The van der Waals surface area contributed by atoms with E-state index in [0.29, 0.717) is 0 Å². The summed E-state index contributed by atoms with van der Waals surface area (Å²) in [6.45, 7) is 0. The zero-order chi connectivity index (χ0) is 24.8. The van der Waals surface area contributed by atoms with Crippen molar-refractivity contribution in [2.45, 2.75) is 57.7 Å². The Hall–Kier alpha value is -1.77. The fraction of sp³-hybridized carbons (Fsp3) is 0.355. The zero-order valence-electron chi connectivity index (χ0n) is 21.1. The van der Waals surface area contributed by atoms with Gasteiger partial charge in [0, 0.05) is 14.2 Å². The second kappa shape index (κ2) is 15.4. The van der Waals surface area contributed by atoms with E-state index in [2.05, 4.69) is 113 Å². The molecule has 0 heterocycles. The molecule has 3 aromatic rings. The Balaban J connectivity index is 1.48. The summed E-state index contributed by atoms with van der Waals surface area (Å²) in [5, 5.41) is 4.06. The molecule has 0 radical (unpaired) electrons. The van der Waals surface area contributed by atoms with Crippen molar-refractivity contribution in [1.29, 1.82) is 0 Å². The number of methoxy groups -OCH3 is 2. The lowest BCUT2D eigenvalue weighted by molar-refractivity contribution is -0.107. The van der Waals surface area contributed by atoms with Crippen molar-refractivity contribution in [3.63, 3.8) is 0 Å². The number of rotatable bonds is 15. The van der Waals surface area contributed by atoms with E-state index in [1.165, 1.54) is 40.7 Å². The lowest BCUT2D eigenvalue weighted by atomic mass is 10.1. The average molecular weight is 555 g/mol. The molecule has 4 heteroatoms. The molecular formula is C31H39BrO2P+. The highest BCUT2D eigenvalue weighted by atomic mass is 79.9. The predicted octanol–water partition coefficient (Wildman–Crippen LogP) is 7.74. The standard InChI is InChI=1S/C31H39BrO2P/c1-33-31(34-2)22-16-8-6-4-3-5-7-11-17-27-23-25-30(26-24-27)35(32,28-18-12-9-13-19-28)29-20-14-10-15-21-29/h3,5,9-10,12-15,18-21,23-26,31H,4,6-8,11,16-17,22H2,1-2H3/q+1/b5-3-. The fourth-order valence-electron chi connectivity index (χ4n) is 4.32. The highest BCUT2D eigenvalue weighted by Gasteiger charge is 2.43. The van der Waals surface area contributed by atoms with Gasteiger partial charge in [-0.15, -0.1) is 0 Å². The molecule has 0 atom stereocenters. The summed E-state index contributed by atoms with van der Waals surface area (Å²) in [7, 11) is 3.41. The summed E-state index contributed by atoms with van der Waals surface area (Å²) in [4.78, 5) is 0. The molecule has 0 unspecified atom stereocenters. The molecule has 0 saturated carbocycles. The predicted molar refractivity (Wildman–Crippen MR) is 157 cm³/mol. The number of allylic oxidation sites excluding steroid dienone is 2. The van der Waals surface area contributed by atoms with Gasteiger partial charge in [0.15, 0.2) is 27.7 Å². The quantitative estimate of drug-likeness (QED) is 0.0828. The van der Waals surface area contributed by atoms with Crippen LogP contribution in [-0.4, -0.2) is 20.5 Å². The van der Waals surface area contributed by atoms with Crippen molar-refractivity contribution < 1.29 is 9.47 Å². The summed E-state index contributed by atoms with van der Waals surface area (Å²) in [5.41, 5.74) is 1.41. The van der Waals surface area contributed by atoms with Crippen molar-refractivity contribution in [3.8, 4) is 0 Å². The monoisotopic (exact) mass is 553 g/mol. The number of unbranched alkanes of at least 4 members (excludes halogenated alkanes) is 4. The first-order chi connectivity index (χ1) is 17.2. The number of hydrogen-bond acceptors (Lipinski definition) is 2. The van der Waals surface area contributed by atoms with Crippen molar-refractivity contribution in [3.05, 3.63) is 103 Å². The minimum Gasteiger partial charge on any atom is -0.356 e. The number of ether oxygens (including phenoxy) is 2. The van der Waals surface area contributed by atoms with Gasteiger partial charge in [-0.2, -0.15) is 0 Å². The molecule has 0 aliphatic rings. The Morgan fingerprint density at radius 1 is 0.657 bits per heavy atom. The first-order valence-corrected chi connectivity index (χ1v) is 16.5. The molecule has 0 aliphatic heterocycles. The Morgan fingerprint density at radius 3 is 1.71 bits per heavy atom. The molecule has 0 N–H and O–H groups in total. The van der Waals surface area contributed by atoms with E-state index >= 15 is 0 Å². The summed E-state index contributed by atoms with van der Waals surface area (Å²) in [5.74, 6) is -1.82. The Kier molecular flexibility index (Phi) is 12.2. The molecule has 3 aromatic carbocycles. The van der Waals surface area contributed by atoms with Crippen LogP contribution in [0.1, 0.15) is 50.5 Å². The van der Waals surface area contributed by atoms with E-state index in [0.717, 1.165) is 32.1 Å². The van der Waals surface area contributed by atoms with Crippen LogP contribution in [0.2, 0.25) is 0 Å². The van der Waals surface area contributed by atoms with Crippen molar-refractivity contribution in [2.75, 3.05) is 14.2 Å². The van der Waals surface area contributed by atoms with Crippen LogP contribution < -0.4 is 15.9 Å². The minimum absolute atomic E-state index is 0.0518. The summed E-state index contributed by atoms with van der Waals surface area (Å²) < 4.78 is 10.5. The minimum atomic E-state index is -1.82. The van der Waals surface area contributed by atoms with Crippen LogP contribution in [0.4, 0.5) is 0 Å². The first kappa shape index (κ1) is 27.8. The van der Waals surface area contributed by atoms with Crippen LogP contribution in [-0.2, 0) is 15.9 Å². The van der Waals surface area contributed by atoms with Crippen LogP contribution in [0, 0.1) is 0 Å². The van der Waals surface area contributed by atoms with E-state index in [9.17, 15) is 0 Å². The van der Waals surface area contributed by atoms with Gasteiger partial charge in [-0.25, -0.2) is 0 Å². The maximum absolute atomic E-state index is 5.23. The number of hydrogen-bond donors (Lipinski definition) is 0. The smallest absolute Gasteiger partial charge is 0.181 e. The van der Waals surface area contributed by atoms with Gasteiger partial charge >= 0.3 is 0 Å². The number of aryl methyl sites for hydroxylation is 1. The molecule has 186 valence electrons. The third kappa shape index (κ3) is 8.40. The van der Waals surface area contributed by atoms with Gasteiger partial charge in [0.2, 0.25) is 0 Å². The van der Waals surface area contributed by atoms with E-state index in [1.807, 2.05) is 0 Å². The second-order valence-electron chi connectivity index (χ2n) is 8.83. The molecule has 0 amide bonds. The summed E-state index contributed by atoms with van der Waals surface area (Å²) in [6.07, 6.45) is 13.8. The highest BCUT2D eigenvalue weighted by molar-refractivity contribution is 9.44. The van der Waals surface area contributed by atoms with Gasteiger partial charge in [-0.1, -0.05) is 67.1 Å². The van der Waals surface area contributed by atoms with Crippen LogP contribution in [0.5, 0.6) is 0 Å². The number of benzene rings is 3. The van der Waals surface area contributed by atoms with E-state index in [-0.39, 0.29) is 6.29 Å². The lowest BCUT2D eigenvalue weighted by Gasteiger charge is -2.20.